The van der Waals surface area contributed by atoms with Crippen LogP contribution in [0.3, 0.4) is 0 Å². The molecule has 0 aliphatic rings. The molecule has 0 unspecified atom stereocenters. The number of rotatable bonds is 13. The van der Waals surface area contributed by atoms with Gasteiger partial charge in [-0.1, -0.05) is 0 Å². The van der Waals surface area contributed by atoms with Gasteiger partial charge in [-0.2, -0.15) is 0 Å². The molecule has 206 valence electrons. The Morgan fingerprint density at radius 3 is 1.66 bits per heavy atom. The molecule has 0 bridgehead atoms. The second-order valence-corrected chi connectivity index (χ2v) is 20.0. The number of unbranched alkanes of at least 4 members (excludes halogenated alkanes) is 3. The van der Waals surface area contributed by atoms with Crippen molar-refractivity contribution in [3.05, 3.63) is 91.0 Å². The Kier molecular flexibility index (Phi) is 11.0. The monoisotopic (exact) mass is 598 g/mol. The van der Waals surface area contributed by atoms with E-state index in [-0.39, 0.29) is 6.09 Å². The Bertz CT molecular complexity index is 1020. The quantitative estimate of drug-likeness (QED) is 0.173. The number of nitrogens with zero attached hydrogens (tertiary/aromatic N) is 1. The summed E-state index contributed by atoms with van der Waals surface area (Å²) < 4.78 is 5.41. The van der Waals surface area contributed by atoms with E-state index in [1.54, 1.807) is 11.9 Å². The summed E-state index contributed by atoms with van der Waals surface area (Å²) in [6.07, 6.45) is 5.42. The SMILES string of the molecule is CN(CCNCCCCCCP(Br)(c1ccccc1)(c1ccccc1)c1ccccc1)C(=O)OC(C)(C)C. The third-order valence-electron chi connectivity index (χ3n) is 6.89. The topological polar surface area (TPSA) is 41.6 Å². The molecule has 3 rings (SSSR count). The summed E-state index contributed by atoms with van der Waals surface area (Å²) >= 11 is 4.54. The van der Waals surface area contributed by atoms with Crippen LogP contribution in [0.2, 0.25) is 0 Å². The molecule has 38 heavy (non-hydrogen) atoms. The minimum Gasteiger partial charge on any atom is -0.0253 e. The number of ether oxygens (including phenoxy) is 1. The number of hydrogen-bond donors (Lipinski definition) is 1. The van der Waals surface area contributed by atoms with Crippen LogP contribution in [0, 0.1) is 0 Å². The molecule has 4 nitrogen and oxygen atoms in total. The van der Waals surface area contributed by atoms with Gasteiger partial charge < -0.3 is 0 Å². The standard InChI is InChI=1S/C32H44BrN2O2P/c1-32(2,3)37-31(36)35(4)26-25-34-24-16-5-6-17-27-38(33,28-18-10-7-11-19-28,29-20-12-8-13-21-29)30-22-14-9-15-23-30/h7-15,18-23,34H,5-6,16-17,24-27H2,1-4H3. The van der Waals surface area contributed by atoms with E-state index in [0.29, 0.717) is 6.54 Å². The number of likely N-dealkylation sites (N-methyl/N-ethyl adjacent to an activating group) is 1. The van der Waals surface area contributed by atoms with Gasteiger partial charge in [-0.15, -0.1) is 0 Å². The molecule has 0 fully saturated rings. The Balaban J connectivity index is 1.58. The minimum atomic E-state index is -2.81. The van der Waals surface area contributed by atoms with Crippen molar-refractivity contribution >= 4 is 42.8 Å². The van der Waals surface area contributed by atoms with Crippen molar-refractivity contribution in [2.24, 2.45) is 0 Å². The fraction of sp³-hybridized carbons (Fsp3) is 0.406. The predicted molar refractivity (Wildman–Crippen MR) is 169 cm³/mol. The molecular weight excluding hydrogens is 555 g/mol. The van der Waals surface area contributed by atoms with Crippen LogP contribution >= 0.6 is 20.8 Å². The molecule has 0 aromatic heterocycles. The molecule has 0 saturated carbocycles. The Morgan fingerprint density at radius 1 is 0.763 bits per heavy atom. The minimum absolute atomic E-state index is 0.273. The number of carbonyl (C=O) groups excluding carboxylic acids is 1. The van der Waals surface area contributed by atoms with Gasteiger partial charge in [0.2, 0.25) is 0 Å². The summed E-state index contributed by atoms with van der Waals surface area (Å²) in [6.45, 7) is 8.03. The number of nitrogens with one attached hydrogen (secondary N) is 1. The van der Waals surface area contributed by atoms with Gasteiger partial charge in [0.05, 0.1) is 0 Å². The molecule has 0 atom stereocenters. The van der Waals surface area contributed by atoms with Crippen molar-refractivity contribution in [1.82, 2.24) is 10.2 Å². The van der Waals surface area contributed by atoms with Gasteiger partial charge in [0.1, 0.15) is 5.60 Å². The number of hydrogen-bond acceptors (Lipinski definition) is 3. The van der Waals surface area contributed by atoms with Crippen molar-refractivity contribution in [2.75, 3.05) is 32.8 Å². The Morgan fingerprint density at radius 2 is 1.21 bits per heavy atom. The molecule has 1 N–H and O–H groups in total. The van der Waals surface area contributed by atoms with E-state index in [4.69, 9.17) is 4.74 Å². The summed E-state index contributed by atoms with van der Waals surface area (Å²) in [6, 6.07) is 33.1. The molecule has 0 heterocycles. The van der Waals surface area contributed by atoms with Crippen LogP contribution in [0.15, 0.2) is 91.0 Å². The van der Waals surface area contributed by atoms with Gasteiger partial charge in [0.25, 0.3) is 0 Å². The van der Waals surface area contributed by atoms with E-state index in [9.17, 15) is 4.79 Å². The third kappa shape index (κ3) is 7.68. The van der Waals surface area contributed by atoms with E-state index in [0.717, 1.165) is 32.1 Å². The predicted octanol–water partition coefficient (Wildman–Crippen LogP) is 6.84. The van der Waals surface area contributed by atoms with Crippen molar-refractivity contribution < 1.29 is 9.53 Å². The van der Waals surface area contributed by atoms with E-state index >= 15 is 0 Å². The van der Waals surface area contributed by atoms with E-state index in [1.807, 2.05) is 20.8 Å². The molecule has 0 aliphatic carbocycles. The van der Waals surface area contributed by atoms with Crippen LogP contribution < -0.4 is 21.2 Å². The fourth-order valence-corrected chi connectivity index (χ4v) is 12.6. The van der Waals surface area contributed by atoms with E-state index in [2.05, 4.69) is 112 Å². The first-order chi connectivity index (χ1) is 18.1. The first-order valence-corrected chi connectivity index (χ1v) is 18.1. The van der Waals surface area contributed by atoms with Crippen LogP contribution in [-0.4, -0.2) is 49.4 Å². The van der Waals surface area contributed by atoms with Crippen molar-refractivity contribution in [2.45, 2.75) is 52.1 Å². The molecule has 1 amide bonds. The smallest absolute Gasteiger partial charge is 0.0253 e. The van der Waals surface area contributed by atoms with Crippen molar-refractivity contribution in [1.29, 1.82) is 0 Å². The summed E-state index contributed by atoms with van der Waals surface area (Å²) in [7, 11) is 1.79. The molecule has 0 saturated heterocycles. The normalized spacial score (nSPS) is 12.9. The zero-order chi connectivity index (χ0) is 27.5. The van der Waals surface area contributed by atoms with Crippen LogP contribution in [0.25, 0.3) is 0 Å². The van der Waals surface area contributed by atoms with Gasteiger partial charge in [0.15, 0.2) is 0 Å². The summed E-state index contributed by atoms with van der Waals surface area (Å²) in [5.74, 6) is 0. The molecular formula is C32H44BrN2O2P. The summed E-state index contributed by atoms with van der Waals surface area (Å²) in [4.78, 5) is 13.7. The van der Waals surface area contributed by atoms with Gasteiger partial charge in [-0.05, 0) is 20.8 Å². The Labute approximate surface area is 237 Å². The van der Waals surface area contributed by atoms with E-state index < -0.39 is 10.9 Å². The van der Waals surface area contributed by atoms with Gasteiger partial charge in [-0.25, -0.2) is 0 Å². The molecule has 0 aliphatic heterocycles. The van der Waals surface area contributed by atoms with Gasteiger partial charge >= 0.3 is 212 Å². The van der Waals surface area contributed by atoms with Crippen LogP contribution in [0.5, 0.6) is 0 Å². The number of carbonyl (C=O) groups is 1. The molecule has 0 spiro atoms. The molecule has 6 heteroatoms. The first kappa shape index (κ1) is 30.3. The average Bonchev–Trinajstić information content (AvgIpc) is 2.92. The second-order valence-electron chi connectivity index (χ2n) is 11.0. The molecule has 3 aromatic carbocycles. The maximum atomic E-state index is 12.1. The van der Waals surface area contributed by atoms with Crippen molar-refractivity contribution in [3.63, 3.8) is 0 Å². The molecule has 3 aromatic rings. The fourth-order valence-electron chi connectivity index (χ4n) is 4.87. The molecule has 0 radical (unpaired) electrons. The second kappa shape index (κ2) is 13.7. The summed E-state index contributed by atoms with van der Waals surface area (Å²) in [5, 5.41) is 4.81. The van der Waals surface area contributed by atoms with Crippen LogP contribution in [-0.2, 0) is 4.74 Å². The maximum absolute atomic E-state index is 12.1. The zero-order valence-corrected chi connectivity index (χ0v) is 25.9. The van der Waals surface area contributed by atoms with Crippen LogP contribution in [0.1, 0.15) is 46.5 Å². The van der Waals surface area contributed by atoms with E-state index in [1.165, 1.54) is 28.8 Å². The Hall–Kier alpha value is -2.20. The first-order valence-electron chi connectivity index (χ1n) is 13.7. The third-order valence-corrected chi connectivity index (χ3v) is 16.9. The zero-order valence-electron chi connectivity index (χ0n) is 23.4. The number of benzene rings is 3. The van der Waals surface area contributed by atoms with Crippen LogP contribution in [0.4, 0.5) is 4.79 Å². The van der Waals surface area contributed by atoms with Gasteiger partial charge in [-0.3, -0.25) is 0 Å². The van der Waals surface area contributed by atoms with Gasteiger partial charge in [0, 0.05) is 0 Å². The van der Waals surface area contributed by atoms with Crippen molar-refractivity contribution in [3.8, 4) is 0 Å². The number of amides is 1. The average molecular weight is 600 g/mol. The summed E-state index contributed by atoms with van der Waals surface area (Å²) in [5.41, 5.74) is -0.464. The number of halogens is 1.